The highest BCUT2D eigenvalue weighted by molar-refractivity contribution is 5.97. The van der Waals surface area contributed by atoms with Crippen molar-refractivity contribution in [2.24, 2.45) is 0 Å². The Morgan fingerprint density at radius 3 is 2.90 bits per heavy atom. The van der Waals surface area contributed by atoms with Crippen LogP contribution < -0.4 is 5.32 Å². The first-order valence-electron chi connectivity index (χ1n) is 6.23. The topological polar surface area (TPSA) is 71.2 Å². The third-order valence-corrected chi connectivity index (χ3v) is 2.90. The minimum Gasteiger partial charge on any atom is -0.469 e. The van der Waals surface area contributed by atoms with Crippen molar-refractivity contribution in [3.05, 3.63) is 35.8 Å². The maximum absolute atomic E-state index is 13.0. The molecule has 1 amide bonds. The quantitative estimate of drug-likeness (QED) is 0.649. The number of nitrogens with one attached hydrogen (secondary N) is 2. The number of fused-ring (bicyclic) bond motifs is 1. The number of carbonyl (C=O) groups is 2. The van der Waals surface area contributed by atoms with E-state index in [4.69, 9.17) is 0 Å². The molecule has 1 aromatic heterocycles. The first-order chi connectivity index (χ1) is 9.60. The molecule has 1 heterocycles. The summed E-state index contributed by atoms with van der Waals surface area (Å²) in [6.07, 6.45) is 0.766. The molecule has 2 aromatic rings. The van der Waals surface area contributed by atoms with Crippen LogP contribution in [-0.2, 0) is 9.53 Å². The molecular weight excluding hydrogens is 263 g/mol. The SMILES string of the molecule is COC(=O)CCCNC(=O)c1cc2cc(F)ccc2[nH]1. The van der Waals surface area contributed by atoms with E-state index in [0.29, 0.717) is 29.6 Å². The van der Waals surface area contributed by atoms with E-state index in [-0.39, 0.29) is 24.1 Å². The van der Waals surface area contributed by atoms with E-state index in [2.05, 4.69) is 15.0 Å². The highest BCUT2D eigenvalue weighted by Gasteiger charge is 2.09. The van der Waals surface area contributed by atoms with Gasteiger partial charge in [-0.1, -0.05) is 0 Å². The lowest BCUT2D eigenvalue weighted by Gasteiger charge is -2.02. The molecule has 106 valence electrons. The second-order valence-corrected chi connectivity index (χ2v) is 4.35. The van der Waals surface area contributed by atoms with Gasteiger partial charge in [0.1, 0.15) is 11.5 Å². The maximum atomic E-state index is 13.0. The van der Waals surface area contributed by atoms with Crippen LogP contribution >= 0.6 is 0 Å². The van der Waals surface area contributed by atoms with Gasteiger partial charge in [-0.2, -0.15) is 0 Å². The fourth-order valence-corrected chi connectivity index (χ4v) is 1.86. The van der Waals surface area contributed by atoms with Crippen molar-refractivity contribution >= 4 is 22.8 Å². The van der Waals surface area contributed by atoms with Gasteiger partial charge in [0.2, 0.25) is 0 Å². The van der Waals surface area contributed by atoms with Crippen LogP contribution in [0.5, 0.6) is 0 Å². The molecule has 2 N–H and O–H groups in total. The van der Waals surface area contributed by atoms with Gasteiger partial charge in [0.15, 0.2) is 0 Å². The summed E-state index contributed by atoms with van der Waals surface area (Å²) in [6, 6.07) is 5.86. The van der Waals surface area contributed by atoms with Crippen LogP contribution in [0.3, 0.4) is 0 Å². The van der Waals surface area contributed by atoms with Crippen LogP contribution in [0.4, 0.5) is 4.39 Å². The van der Waals surface area contributed by atoms with Gasteiger partial charge in [-0.05, 0) is 30.7 Å². The molecule has 0 spiro atoms. The molecule has 2 rings (SSSR count). The van der Waals surface area contributed by atoms with E-state index >= 15 is 0 Å². The van der Waals surface area contributed by atoms with Crippen LogP contribution in [0.1, 0.15) is 23.3 Å². The van der Waals surface area contributed by atoms with Crippen molar-refractivity contribution in [1.82, 2.24) is 10.3 Å². The molecule has 0 aliphatic carbocycles. The average Bonchev–Trinajstić information content (AvgIpc) is 2.86. The third kappa shape index (κ3) is 3.34. The molecular formula is C14H15FN2O3. The summed E-state index contributed by atoms with van der Waals surface area (Å²) in [5.41, 5.74) is 1.06. The van der Waals surface area contributed by atoms with Gasteiger partial charge in [-0.25, -0.2) is 4.39 Å². The number of carbonyl (C=O) groups excluding carboxylic acids is 2. The van der Waals surface area contributed by atoms with E-state index in [1.165, 1.54) is 19.2 Å². The summed E-state index contributed by atoms with van der Waals surface area (Å²) < 4.78 is 17.5. The molecule has 0 saturated carbocycles. The number of hydrogen-bond donors (Lipinski definition) is 2. The second kappa shape index (κ2) is 6.18. The minimum atomic E-state index is -0.346. The number of aromatic nitrogens is 1. The number of ether oxygens (including phenoxy) is 1. The molecule has 0 aliphatic heterocycles. The van der Waals surface area contributed by atoms with Crippen molar-refractivity contribution in [3.63, 3.8) is 0 Å². The molecule has 0 saturated heterocycles. The van der Waals surface area contributed by atoms with Crippen molar-refractivity contribution in [3.8, 4) is 0 Å². The van der Waals surface area contributed by atoms with Crippen molar-refractivity contribution < 1.29 is 18.7 Å². The summed E-state index contributed by atoms with van der Waals surface area (Å²) in [7, 11) is 1.32. The minimum absolute atomic E-state index is 0.259. The Labute approximate surface area is 115 Å². The monoisotopic (exact) mass is 278 g/mol. The molecule has 0 unspecified atom stereocenters. The van der Waals surface area contributed by atoms with Crippen LogP contribution in [0.2, 0.25) is 0 Å². The fraction of sp³-hybridized carbons (Fsp3) is 0.286. The Bertz CT molecular complexity index is 636. The largest absolute Gasteiger partial charge is 0.469 e. The summed E-state index contributed by atoms with van der Waals surface area (Å²) in [6.45, 7) is 0.373. The molecule has 0 atom stereocenters. The Morgan fingerprint density at radius 2 is 2.15 bits per heavy atom. The zero-order chi connectivity index (χ0) is 14.5. The summed E-state index contributed by atoms with van der Waals surface area (Å²) in [5, 5.41) is 3.33. The maximum Gasteiger partial charge on any atom is 0.305 e. The zero-order valence-electron chi connectivity index (χ0n) is 11.0. The van der Waals surface area contributed by atoms with Gasteiger partial charge < -0.3 is 15.0 Å². The zero-order valence-corrected chi connectivity index (χ0v) is 11.0. The second-order valence-electron chi connectivity index (χ2n) is 4.35. The lowest BCUT2D eigenvalue weighted by atomic mass is 10.2. The van der Waals surface area contributed by atoms with Gasteiger partial charge in [0.25, 0.3) is 5.91 Å². The molecule has 0 bridgehead atoms. The Kier molecular flexibility index (Phi) is 4.34. The van der Waals surface area contributed by atoms with Crippen LogP contribution in [0.15, 0.2) is 24.3 Å². The van der Waals surface area contributed by atoms with E-state index < -0.39 is 0 Å². The van der Waals surface area contributed by atoms with Crippen molar-refractivity contribution in [2.45, 2.75) is 12.8 Å². The normalized spacial score (nSPS) is 10.5. The van der Waals surface area contributed by atoms with E-state index in [1.54, 1.807) is 12.1 Å². The predicted octanol–water partition coefficient (Wildman–Crippen LogP) is 1.99. The summed E-state index contributed by atoms with van der Waals surface area (Å²) in [4.78, 5) is 25.7. The van der Waals surface area contributed by atoms with Crippen LogP contribution in [0.25, 0.3) is 10.9 Å². The van der Waals surface area contributed by atoms with Crippen LogP contribution in [0, 0.1) is 5.82 Å². The number of halogens is 1. The highest BCUT2D eigenvalue weighted by atomic mass is 19.1. The molecule has 0 aliphatic rings. The Balaban J connectivity index is 1.92. The first-order valence-corrected chi connectivity index (χ1v) is 6.23. The van der Waals surface area contributed by atoms with E-state index in [0.717, 1.165) is 0 Å². The Hall–Kier alpha value is -2.37. The number of rotatable bonds is 5. The smallest absolute Gasteiger partial charge is 0.305 e. The molecule has 5 nitrogen and oxygen atoms in total. The summed E-state index contributed by atoms with van der Waals surface area (Å²) in [5.74, 6) is -0.937. The van der Waals surface area contributed by atoms with Gasteiger partial charge in [0, 0.05) is 23.9 Å². The molecule has 0 fully saturated rings. The number of hydrogen-bond acceptors (Lipinski definition) is 3. The van der Waals surface area contributed by atoms with Crippen LogP contribution in [-0.4, -0.2) is 30.5 Å². The van der Waals surface area contributed by atoms with Gasteiger partial charge in [-0.15, -0.1) is 0 Å². The van der Waals surface area contributed by atoms with Gasteiger partial charge in [-0.3, -0.25) is 9.59 Å². The van der Waals surface area contributed by atoms with Crippen molar-refractivity contribution in [1.29, 1.82) is 0 Å². The number of H-pyrrole nitrogens is 1. The predicted molar refractivity (Wildman–Crippen MR) is 71.8 cm³/mol. The first kappa shape index (κ1) is 14.0. The lowest BCUT2D eigenvalue weighted by molar-refractivity contribution is -0.140. The number of methoxy groups -OCH3 is 1. The number of amides is 1. The standard InChI is InChI=1S/C14H15FN2O3/c1-20-13(18)3-2-6-16-14(19)12-8-9-7-10(15)4-5-11(9)17-12/h4-5,7-8,17H,2-3,6H2,1H3,(H,16,19). The van der Waals surface area contributed by atoms with Gasteiger partial charge in [0.05, 0.1) is 7.11 Å². The number of aromatic amines is 1. The van der Waals surface area contributed by atoms with Gasteiger partial charge >= 0.3 is 5.97 Å². The fourth-order valence-electron chi connectivity index (χ4n) is 1.86. The number of benzene rings is 1. The lowest BCUT2D eigenvalue weighted by Crippen LogP contribution is -2.25. The Morgan fingerprint density at radius 1 is 1.35 bits per heavy atom. The van der Waals surface area contributed by atoms with E-state index in [1.807, 2.05) is 0 Å². The molecule has 1 aromatic carbocycles. The molecule has 20 heavy (non-hydrogen) atoms. The molecule has 0 radical (unpaired) electrons. The van der Waals surface area contributed by atoms with Crippen molar-refractivity contribution in [2.75, 3.05) is 13.7 Å². The van der Waals surface area contributed by atoms with E-state index in [9.17, 15) is 14.0 Å². The highest BCUT2D eigenvalue weighted by Crippen LogP contribution is 2.16. The molecule has 6 heteroatoms. The number of esters is 1. The summed E-state index contributed by atoms with van der Waals surface area (Å²) >= 11 is 0. The average molecular weight is 278 g/mol. The third-order valence-electron chi connectivity index (χ3n) is 2.90.